The fourth-order valence-electron chi connectivity index (χ4n) is 2.55. The first-order chi connectivity index (χ1) is 11.0. The lowest BCUT2D eigenvalue weighted by atomic mass is 10.2. The molecule has 2 aromatic rings. The van der Waals surface area contributed by atoms with E-state index in [1.807, 2.05) is 0 Å². The molecule has 0 spiro atoms. The molecule has 3 heterocycles. The number of aromatic hydroxyl groups is 1. The number of halogens is 1. The molecule has 0 saturated carbocycles. The van der Waals surface area contributed by atoms with Crippen molar-refractivity contribution in [2.24, 2.45) is 0 Å². The number of rotatable bonds is 3. The van der Waals surface area contributed by atoms with Crippen LogP contribution in [0.4, 0.5) is 5.95 Å². The first-order valence-electron chi connectivity index (χ1n) is 7.30. The van der Waals surface area contributed by atoms with E-state index in [1.54, 1.807) is 19.3 Å². The number of hydrogen-bond donors (Lipinski definition) is 1. The van der Waals surface area contributed by atoms with Crippen LogP contribution in [0.3, 0.4) is 0 Å². The van der Waals surface area contributed by atoms with Crippen molar-refractivity contribution in [2.45, 2.75) is 13.5 Å². The molecule has 3 rings (SSSR count). The molecule has 1 aliphatic heterocycles. The quantitative estimate of drug-likeness (QED) is 0.864. The van der Waals surface area contributed by atoms with Gasteiger partial charge in [0.1, 0.15) is 5.76 Å². The summed E-state index contributed by atoms with van der Waals surface area (Å²) in [5.74, 6) is 1.24. The lowest BCUT2D eigenvalue weighted by molar-refractivity contribution is 0.219. The number of nitrogens with zero attached hydrogens (tertiary/aromatic N) is 4. The Morgan fingerprint density at radius 2 is 1.91 bits per heavy atom. The van der Waals surface area contributed by atoms with Crippen LogP contribution >= 0.6 is 15.9 Å². The van der Waals surface area contributed by atoms with Gasteiger partial charge >= 0.3 is 0 Å². The van der Waals surface area contributed by atoms with Gasteiger partial charge in [-0.25, -0.2) is 9.97 Å². The highest BCUT2D eigenvalue weighted by molar-refractivity contribution is 9.10. The van der Waals surface area contributed by atoms with Gasteiger partial charge in [0.15, 0.2) is 5.76 Å². The summed E-state index contributed by atoms with van der Waals surface area (Å²) in [7, 11) is 0. The third-order valence-corrected chi connectivity index (χ3v) is 4.15. The van der Waals surface area contributed by atoms with E-state index in [-0.39, 0.29) is 5.75 Å². The van der Waals surface area contributed by atoms with Crippen LogP contribution in [0.2, 0.25) is 0 Å². The van der Waals surface area contributed by atoms with Crippen LogP contribution in [0.1, 0.15) is 11.5 Å². The molecule has 0 radical (unpaired) electrons. The van der Waals surface area contributed by atoms with Gasteiger partial charge in [0.2, 0.25) is 17.1 Å². The maximum Gasteiger partial charge on any atom is 0.227 e. The van der Waals surface area contributed by atoms with Crippen LogP contribution in [-0.2, 0) is 6.54 Å². The Bertz CT molecular complexity index is 739. The molecule has 7 nitrogen and oxygen atoms in total. The summed E-state index contributed by atoms with van der Waals surface area (Å²) in [5, 5.41) is 9.84. The Balaban J connectivity index is 1.63. The highest BCUT2D eigenvalue weighted by Crippen LogP contribution is 2.18. The number of piperazine rings is 1. The molecule has 0 bridgehead atoms. The fourth-order valence-corrected chi connectivity index (χ4v) is 2.75. The SMILES string of the molecule is Cc1cc(=O)c(O)c(CN2CCN(c3ncc(Br)cn3)CC2)o1. The molecule has 0 aliphatic carbocycles. The Kier molecular flexibility index (Phi) is 4.63. The van der Waals surface area contributed by atoms with Crippen molar-refractivity contribution in [3.05, 3.63) is 44.7 Å². The average molecular weight is 381 g/mol. The average Bonchev–Trinajstić information content (AvgIpc) is 2.54. The normalized spacial score (nSPS) is 15.8. The second-order valence-electron chi connectivity index (χ2n) is 5.46. The Morgan fingerprint density at radius 1 is 1.26 bits per heavy atom. The van der Waals surface area contributed by atoms with Gasteiger partial charge < -0.3 is 14.4 Å². The summed E-state index contributed by atoms with van der Waals surface area (Å²) in [4.78, 5) is 24.4. The topological polar surface area (TPSA) is 82.7 Å². The summed E-state index contributed by atoms with van der Waals surface area (Å²) in [6.07, 6.45) is 3.46. The van der Waals surface area contributed by atoms with Gasteiger partial charge in [-0.15, -0.1) is 0 Å². The maximum atomic E-state index is 11.6. The molecule has 2 aromatic heterocycles. The molecule has 1 N–H and O–H groups in total. The largest absolute Gasteiger partial charge is 0.502 e. The molecule has 1 fully saturated rings. The summed E-state index contributed by atoms with van der Waals surface area (Å²) in [5.41, 5.74) is -0.398. The van der Waals surface area contributed by atoms with E-state index >= 15 is 0 Å². The highest BCUT2D eigenvalue weighted by atomic mass is 79.9. The van der Waals surface area contributed by atoms with E-state index in [1.165, 1.54) is 6.07 Å². The lowest BCUT2D eigenvalue weighted by Crippen LogP contribution is -2.46. The highest BCUT2D eigenvalue weighted by Gasteiger charge is 2.21. The first-order valence-corrected chi connectivity index (χ1v) is 8.09. The van der Waals surface area contributed by atoms with Gasteiger partial charge in [-0.05, 0) is 22.9 Å². The molecular weight excluding hydrogens is 364 g/mol. The van der Waals surface area contributed by atoms with Crippen molar-refractivity contribution in [1.82, 2.24) is 14.9 Å². The van der Waals surface area contributed by atoms with E-state index in [0.717, 1.165) is 30.7 Å². The van der Waals surface area contributed by atoms with Crippen molar-refractivity contribution in [3.8, 4) is 5.75 Å². The molecule has 0 atom stereocenters. The Hall–Kier alpha value is -1.93. The zero-order chi connectivity index (χ0) is 16.4. The van der Waals surface area contributed by atoms with Crippen molar-refractivity contribution in [2.75, 3.05) is 31.1 Å². The number of anilines is 1. The summed E-state index contributed by atoms with van der Waals surface area (Å²) < 4.78 is 6.33. The molecule has 0 amide bonds. The van der Waals surface area contributed by atoms with Gasteiger partial charge in [-0.3, -0.25) is 9.69 Å². The monoisotopic (exact) mass is 380 g/mol. The fraction of sp³-hybridized carbons (Fsp3) is 0.400. The zero-order valence-corrected chi connectivity index (χ0v) is 14.3. The number of aryl methyl sites for hydroxylation is 1. The molecular formula is C15H17BrN4O3. The third-order valence-electron chi connectivity index (χ3n) is 3.75. The predicted octanol–water partition coefficient (Wildman–Crippen LogP) is 1.53. The maximum absolute atomic E-state index is 11.6. The summed E-state index contributed by atoms with van der Waals surface area (Å²) in [6.45, 7) is 5.22. The smallest absolute Gasteiger partial charge is 0.227 e. The van der Waals surface area contributed by atoms with E-state index in [2.05, 4.69) is 35.7 Å². The second-order valence-corrected chi connectivity index (χ2v) is 6.37. The number of aromatic nitrogens is 2. The van der Waals surface area contributed by atoms with Crippen LogP contribution in [0.15, 0.2) is 32.1 Å². The Labute approximate surface area is 141 Å². The van der Waals surface area contributed by atoms with Crippen molar-refractivity contribution in [1.29, 1.82) is 0 Å². The molecule has 1 aliphatic rings. The van der Waals surface area contributed by atoms with E-state index in [4.69, 9.17) is 4.42 Å². The lowest BCUT2D eigenvalue weighted by Gasteiger charge is -2.34. The molecule has 1 saturated heterocycles. The van der Waals surface area contributed by atoms with E-state index < -0.39 is 5.43 Å². The minimum absolute atomic E-state index is 0.297. The summed E-state index contributed by atoms with van der Waals surface area (Å²) >= 11 is 3.32. The van der Waals surface area contributed by atoms with Gasteiger partial charge in [-0.1, -0.05) is 0 Å². The predicted molar refractivity (Wildman–Crippen MR) is 88.6 cm³/mol. The third kappa shape index (κ3) is 3.70. The zero-order valence-electron chi connectivity index (χ0n) is 12.7. The minimum Gasteiger partial charge on any atom is -0.502 e. The van der Waals surface area contributed by atoms with Crippen LogP contribution in [0.5, 0.6) is 5.75 Å². The number of hydrogen-bond acceptors (Lipinski definition) is 7. The van der Waals surface area contributed by atoms with Crippen LogP contribution in [-0.4, -0.2) is 46.2 Å². The Morgan fingerprint density at radius 3 is 2.57 bits per heavy atom. The molecule has 0 unspecified atom stereocenters. The van der Waals surface area contributed by atoms with Crippen molar-refractivity contribution >= 4 is 21.9 Å². The molecule has 122 valence electrons. The van der Waals surface area contributed by atoms with E-state index in [9.17, 15) is 9.90 Å². The van der Waals surface area contributed by atoms with Crippen molar-refractivity contribution < 1.29 is 9.52 Å². The second kappa shape index (κ2) is 6.67. The van der Waals surface area contributed by atoms with Gasteiger partial charge in [0, 0.05) is 44.6 Å². The van der Waals surface area contributed by atoms with Crippen LogP contribution < -0.4 is 10.3 Å². The van der Waals surface area contributed by atoms with Gasteiger partial charge in [0.25, 0.3) is 0 Å². The van der Waals surface area contributed by atoms with Gasteiger partial charge in [-0.2, -0.15) is 0 Å². The van der Waals surface area contributed by atoms with E-state index in [0.29, 0.717) is 24.0 Å². The summed E-state index contributed by atoms with van der Waals surface area (Å²) in [6, 6.07) is 1.29. The minimum atomic E-state index is -0.398. The molecule has 0 aromatic carbocycles. The van der Waals surface area contributed by atoms with Crippen LogP contribution in [0.25, 0.3) is 0 Å². The van der Waals surface area contributed by atoms with Crippen molar-refractivity contribution in [3.63, 3.8) is 0 Å². The van der Waals surface area contributed by atoms with Crippen LogP contribution in [0, 0.1) is 6.92 Å². The van der Waals surface area contributed by atoms with Gasteiger partial charge in [0.05, 0.1) is 11.0 Å². The molecule has 23 heavy (non-hydrogen) atoms. The standard InChI is InChI=1S/C15H17BrN4O3/c1-10-6-12(21)14(22)13(23-10)9-19-2-4-20(5-3-19)15-17-7-11(16)8-18-15/h6-8,22H,2-5,9H2,1H3. The first kappa shape index (κ1) is 15.9. The molecule has 8 heteroatoms.